The molecule has 90 valence electrons. The standard InChI is InChI=1S/C14H12N2OS/c1-9-12(8-15-16(9)2)13(17)11-5-3-4-10-6-7-18-14(10)11/h3-8H,1-2H3. The molecule has 0 atom stereocenters. The highest BCUT2D eigenvalue weighted by molar-refractivity contribution is 7.17. The highest BCUT2D eigenvalue weighted by Gasteiger charge is 2.17. The van der Waals surface area contributed by atoms with Gasteiger partial charge in [-0.3, -0.25) is 9.48 Å². The van der Waals surface area contributed by atoms with Gasteiger partial charge in [0.1, 0.15) is 0 Å². The Hall–Kier alpha value is -1.94. The topological polar surface area (TPSA) is 34.9 Å². The van der Waals surface area contributed by atoms with E-state index in [0.29, 0.717) is 5.56 Å². The zero-order chi connectivity index (χ0) is 12.7. The number of fused-ring (bicyclic) bond motifs is 1. The van der Waals surface area contributed by atoms with Gasteiger partial charge in [-0.15, -0.1) is 11.3 Å². The summed E-state index contributed by atoms with van der Waals surface area (Å²) in [6.07, 6.45) is 1.64. The van der Waals surface area contributed by atoms with E-state index in [4.69, 9.17) is 0 Å². The zero-order valence-electron chi connectivity index (χ0n) is 10.2. The van der Waals surface area contributed by atoms with Crippen LogP contribution in [0.15, 0.2) is 35.8 Å². The van der Waals surface area contributed by atoms with Gasteiger partial charge in [0.15, 0.2) is 5.78 Å². The van der Waals surface area contributed by atoms with E-state index in [1.54, 1.807) is 22.2 Å². The average Bonchev–Trinajstić information content (AvgIpc) is 2.96. The minimum atomic E-state index is 0.0497. The van der Waals surface area contributed by atoms with Crippen molar-refractivity contribution in [3.63, 3.8) is 0 Å². The maximum absolute atomic E-state index is 12.5. The molecule has 3 aromatic rings. The van der Waals surface area contributed by atoms with Crippen LogP contribution in [-0.2, 0) is 7.05 Å². The Balaban J connectivity index is 2.18. The maximum Gasteiger partial charge on any atom is 0.197 e. The molecule has 3 rings (SSSR count). The summed E-state index contributed by atoms with van der Waals surface area (Å²) in [5, 5.41) is 7.26. The summed E-state index contributed by atoms with van der Waals surface area (Å²) in [7, 11) is 1.85. The van der Waals surface area contributed by atoms with E-state index in [2.05, 4.69) is 5.10 Å². The molecule has 0 N–H and O–H groups in total. The van der Waals surface area contributed by atoms with Gasteiger partial charge in [0, 0.05) is 23.0 Å². The molecule has 3 nitrogen and oxygen atoms in total. The first-order valence-electron chi connectivity index (χ1n) is 5.68. The molecule has 0 saturated carbocycles. The first-order chi connectivity index (χ1) is 8.68. The van der Waals surface area contributed by atoms with Crippen LogP contribution in [-0.4, -0.2) is 15.6 Å². The van der Waals surface area contributed by atoms with E-state index >= 15 is 0 Å². The second-order valence-corrected chi connectivity index (χ2v) is 5.16. The van der Waals surface area contributed by atoms with Crippen molar-refractivity contribution < 1.29 is 4.79 Å². The predicted octanol–water partition coefficient (Wildman–Crippen LogP) is 3.17. The van der Waals surface area contributed by atoms with Crippen molar-refractivity contribution in [2.75, 3.05) is 0 Å². The minimum Gasteiger partial charge on any atom is -0.288 e. The third-order valence-corrected chi connectivity index (χ3v) is 4.17. The molecule has 0 saturated heterocycles. The molecule has 0 radical (unpaired) electrons. The lowest BCUT2D eigenvalue weighted by molar-refractivity contribution is 0.104. The summed E-state index contributed by atoms with van der Waals surface area (Å²) in [4.78, 5) is 12.5. The molecule has 4 heteroatoms. The second kappa shape index (κ2) is 4.07. The molecule has 0 amide bonds. The first-order valence-corrected chi connectivity index (χ1v) is 6.56. The Morgan fingerprint density at radius 1 is 1.28 bits per heavy atom. The van der Waals surface area contributed by atoms with Crippen molar-refractivity contribution in [2.24, 2.45) is 7.05 Å². The molecule has 0 aliphatic heterocycles. The van der Waals surface area contributed by atoms with E-state index < -0.39 is 0 Å². The maximum atomic E-state index is 12.5. The third-order valence-electron chi connectivity index (χ3n) is 3.20. The fraction of sp³-hybridized carbons (Fsp3) is 0.143. The van der Waals surface area contributed by atoms with Gasteiger partial charge in [0.2, 0.25) is 0 Å². The van der Waals surface area contributed by atoms with Crippen molar-refractivity contribution in [1.82, 2.24) is 9.78 Å². The van der Waals surface area contributed by atoms with Crippen molar-refractivity contribution in [3.8, 4) is 0 Å². The summed E-state index contributed by atoms with van der Waals surface area (Å²) in [5.74, 6) is 0.0497. The quantitative estimate of drug-likeness (QED) is 0.660. The fourth-order valence-electron chi connectivity index (χ4n) is 2.04. The number of benzene rings is 1. The van der Waals surface area contributed by atoms with E-state index in [0.717, 1.165) is 21.3 Å². The predicted molar refractivity (Wildman–Crippen MR) is 73.2 cm³/mol. The molecule has 1 aromatic carbocycles. The second-order valence-electron chi connectivity index (χ2n) is 4.24. The number of carbonyl (C=O) groups excluding carboxylic acids is 1. The van der Waals surface area contributed by atoms with Crippen LogP contribution in [0.1, 0.15) is 21.6 Å². The monoisotopic (exact) mass is 256 g/mol. The van der Waals surface area contributed by atoms with Crippen LogP contribution in [0.5, 0.6) is 0 Å². The largest absolute Gasteiger partial charge is 0.288 e. The summed E-state index contributed by atoms with van der Waals surface area (Å²) in [6.45, 7) is 1.91. The van der Waals surface area contributed by atoms with Crippen molar-refractivity contribution >= 4 is 27.2 Å². The van der Waals surface area contributed by atoms with E-state index in [9.17, 15) is 4.79 Å². The number of aromatic nitrogens is 2. The molecule has 0 bridgehead atoms. The minimum absolute atomic E-state index is 0.0497. The van der Waals surface area contributed by atoms with Gasteiger partial charge < -0.3 is 0 Å². The van der Waals surface area contributed by atoms with Gasteiger partial charge in [-0.1, -0.05) is 12.1 Å². The van der Waals surface area contributed by atoms with Gasteiger partial charge in [-0.25, -0.2) is 0 Å². The molecular weight excluding hydrogens is 244 g/mol. The van der Waals surface area contributed by atoms with Gasteiger partial charge >= 0.3 is 0 Å². The van der Waals surface area contributed by atoms with E-state index in [-0.39, 0.29) is 5.78 Å². The van der Waals surface area contributed by atoms with Gasteiger partial charge in [-0.2, -0.15) is 5.10 Å². The number of ketones is 1. The Kier molecular flexibility index (Phi) is 2.52. The van der Waals surface area contributed by atoms with Gasteiger partial charge in [-0.05, 0) is 29.8 Å². The van der Waals surface area contributed by atoms with Crippen LogP contribution < -0.4 is 0 Å². The number of thiophene rings is 1. The number of rotatable bonds is 2. The molecule has 18 heavy (non-hydrogen) atoms. The number of nitrogens with zero attached hydrogens (tertiary/aromatic N) is 2. The highest BCUT2D eigenvalue weighted by Crippen LogP contribution is 2.27. The third kappa shape index (κ3) is 1.57. The van der Waals surface area contributed by atoms with Crippen molar-refractivity contribution in [3.05, 3.63) is 52.7 Å². The van der Waals surface area contributed by atoms with Gasteiger partial charge in [0.05, 0.1) is 11.8 Å². The lowest BCUT2D eigenvalue weighted by Gasteiger charge is -2.02. The van der Waals surface area contributed by atoms with Crippen LogP contribution in [0, 0.1) is 6.92 Å². The lowest BCUT2D eigenvalue weighted by atomic mass is 10.0. The average molecular weight is 256 g/mol. The van der Waals surface area contributed by atoms with Crippen molar-refractivity contribution in [2.45, 2.75) is 6.92 Å². The molecule has 2 aromatic heterocycles. The molecule has 0 aliphatic rings. The molecule has 0 aliphatic carbocycles. The first kappa shape index (κ1) is 11.2. The van der Waals surface area contributed by atoms with Crippen LogP contribution in [0.4, 0.5) is 0 Å². The molecule has 0 spiro atoms. The normalized spacial score (nSPS) is 11.0. The SMILES string of the molecule is Cc1c(C(=O)c2cccc3ccsc23)cnn1C. The Morgan fingerprint density at radius 2 is 2.11 bits per heavy atom. The Labute approximate surface area is 109 Å². The van der Waals surface area contributed by atoms with E-state index in [1.165, 1.54) is 0 Å². The Morgan fingerprint density at radius 3 is 2.83 bits per heavy atom. The smallest absolute Gasteiger partial charge is 0.197 e. The highest BCUT2D eigenvalue weighted by atomic mass is 32.1. The Bertz CT molecular complexity index is 739. The number of hydrogen-bond donors (Lipinski definition) is 0. The zero-order valence-corrected chi connectivity index (χ0v) is 11.0. The lowest BCUT2D eigenvalue weighted by Crippen LogP contribution is -2.03. The summed E-state index contributed by atoms with van der Waals surface area (Å²) in [6, 6.07) is 7.87. The van der Waals surface area contributed by atoms with Crippen LogP contribution in [0.25, 0.3) is 10.1 Å². The van der Waals surface area contributed by atoms with Gasteiger partial charge in [0.25, 0.3) is 0 Å². The van der Waals surface area contributed by atoms with E-state index in [1.807, 2.05) is 43.6 Å². The van der Waals surface area contributed by atoms with Crippen LogP contribution >= 0.6 is 11.3 Å². The molecular formula is C14H12N2OS. The summed E-state index contributed by atoms with van der Waals surface area (Å²) >= 11 is 1.60. The van der Waals surface area contributed by atoms with Crippen molar-refractivity contribution in [1.29, 1.82) is 0 Å². The van der Waals surface area contributed by atoms with Crippen LogP contribution in [0.3, 0.4) is 0 Å². The molecule has 2 heterocycles. The number of carbonyl (C=O) groups is 1. The summed E-state index contributed by atoms with van der Waals surface area (Å²) in [5.41, 5.74) is 2.34. The summed E-state index contributed by atoms with van der Waals surface area (Å²) < 4.78 is 2.77. The van der Waals surface area contributed by atoms with Crippen LogP contribution in [0.2, 0.25) is 0 Å². The fourth-order valence-corrected chi connectivity index (χ4v) is 2.95. The number of hydrogen-bond acceptors (Lipinski definition) is 3. The molecule has 0 fully saturated rings. The number of aryl methyl sites for hydroxylation is 1. The molecule has 0 unspecified atom stereocenters.